The van der Waals surface area contributed by atoms with Crippen molar-refractivity contribution in [2.24, 2.45) is 5.73 Å². The lowest BCUT2D eigenvalue weighted by Crippen LogP contribution is -2.40. The molecule has 0 aliphatic carbocycles. The minimum Gasteiger partial charge on any atom is -0.434 e. The number of aliphatic hydroxyl groups excluding tert-OH is 1. The lowest BCUT2D eigenvalue weighted by Gasteiger charge is -2.12. The number of para-hydroxylation sites is 1. The van der Waals surface area contributed by atoms with Crippen molar-refractivity contribution in [3.8, 4) is 5.75 Å². The van der Waals surface area contributed by atoms with Gasteiger partial charge in [-0.2, -0.15) is 8.78 Å². The summed E-state index contributed by atoms with van der Waals surface area (Å²) in [5, 5.41) is 11.3. The number of carbonyl (C=O) groups excluding carboxylic acids is 2. The fourth-order valence-corrected chi connectivity index (χ4v) is 1.24. The molecule has 0 saturated carbocycles. The molecular weight excluding hydrogens is 262 g/mol. The lowest BCUT2D eigenvalue weighted by molar-refractivity contribution is -0.125. The van der Waals surface area contributed by atoms with Crippen LogP contribution in [-0.4, -0.2) is 36.2 Å². The van der Waals surface area contributed by atoms with Crippen LogP contribution in [0.3, 0.4) is 0 Å². The monoisotopic (exact) mass is 274 g/mol. The summed E-state index contributed by atoms with van der Waals surface area (Å²) in [6, 6.07) is 5.35. The van der Waals surface area contributed by atoms with E-state index >= 15 is 0 Å². The summed E-state index contributed by atoms with van der Waals surface area (Å²) in [6.45, 7) is -3.48. The average molecular weight is 274 g/mol. The summed E-state index contributed by atoms with van der Waals surface area (Å²) in [5.74, 6) is -2.07. The van der Waals surface area contributed by atoms with Crippen molar-refractivity contribution < 1.29 is 28.2 Å². The van der Waals surface area contributed by atoms with E-state index in [-0.39, 0.29) is 11.3 Å². The normalized spacial score (nSPS) is 12.0. The van der Waals surface area contributed by atoms with E-state index < -0.39 is 31.1 Å². The first-order chi connectivity index (χ1) is 8.91. The lowest BCUT2D eigenvalue weighted by atomic mass is 10.2. The summed E-state index contributed by atoms with van der Waals surface area (Å²) >= 11 is 0. The van der Waals surface area contributed by atoms with Gasteiger partial charge in [0.25, 0.3) is 5.91 Å². The molecule has 1 atom stereocenters. The maximum absolute atomic E-state index is 12.1. The highest BCUT2D eigenvalue weighted by atomic mass is 19.3. The first-order valence-electron chi connectivity index (χ1n) is 5.21. The SMILES string of the molecule is NC(=O)C(O)CNC(=O)c1ccccc1OC(F)F. The number of hydrogen-bond donors (Lipinski definition) is 3. The van der Waals surface area contributed by atoms with E-state index in [0.29, 0.717) is 0 Å². The average Bonchev–Trinajstić information content (AvgIpc) is 2.35. The third-order valence-electron chi connectivity index (χ3n) is 2.13. The van der Waals surface area contributed by atoms with E-state index in [4.69, 9.17) is 10.8 Å². The minimum atomic E-state index is -3.06. The predicted molar refractivity (Wildman–Crippen MR) is 60.6 cm³/mol. The van der Waals surface area contributed by atoms with Crippen molar-refractivity contribution in [2.45, 2.75) is 12.7 Å². The van der Waals surface area contributed by atoms with Gasteiger partial charge in [-0.25, -0.2) is 0 Å². The number of ether oxygens (including phenoxy) is 1. The molecule has 0 spiro atoms. The first-order valence-corrected chi connectivity index (χ1v) is 5.21. The quantitative estimate of drug-likeness (QED) is 0.672. The number of alkyl halides is 2. The number of nitrogens with two attached hydrogens (primary N) is 1. The Morgan fingerprint density at radius 1 is 1.37 bits per heavy atom. The number of hydrogen-bond acceptors (Lipinski definition) is 4. The largest absolute Gasteiger partial charge is 0.434 e. The smallest absolute Gasteiger partial charge is 0.387 e. The fourth-order valence-electron chi connectivity index (χ4n) is 1.24. The Bertz CT molecular complexity index is 468. The number of rotatable bonds is 6. The zero-order chi connectivity index (χ0) is 14.4. The number of carbonyl (C=O) groups is 2. The zero-order valence-corrected chi connectivity index (χ0v) is 9.68. The molecule has 0 aromatic heterocycles. The fraction of sp³-hybridized carbons (Fsp3) is 0.273. The standard InChI is InChI=1S/C11H12F2N2O4/c12-11(13)19-8-4-2-1-3-6(8)10(18)15-5-7(16)9(14)17/h1-4,7,11,16H,5H2,(H2,14,17)(H,15,18). The van der Waals surface area contributed by atoms with Gasteiger partial charge in [-0.3, -0.25) is 9.59 Å². The van der Waals surface area contributed by atoms with Crippen LogP contribution in [0.25, 0.3) is 0 Å². The van der Waals surface area contributed by atoms with Crippen molar-refractivity contribution in [3.63, 3.8) is 0 Å². The molecule has 8 heteroatoms. The van der Waals surface area contributed by atoms with Crippen molar-refractivity contribution in [2.75, 3.05) is 6.54 Å². The number of benzene rings is 1. The van der Waals surface area contributed by atoms with Gasteiger partial charge in [-0.15, -0.1) is 0 Å². The van der Waals surface area contributed by atoms with Crippen LogP contribution >= 0.6 is 0 Å². The molecule has 0 radical (unpaired) electrons. The molecule has 1 aromatic rings. The van der Waals surface area contributed by atoms with E-state index in [1.165, 1.54) is 24.3 Å². The highest BCUT2D eigenvalue weighted by Crippen LogP contribution is 2.19. The molecule has 2 amide bonds. The molecule has 1 rings (SSSR count). The van der Waals surface area contributed by atoms with Crippen molar-refractivity contribution in [1.29, 1.82) is 0 Å². The zero-order valence-electron chi connectivity index (χ0n) is 9.68. The van der Waals surface area contributed by atoms with Gasteiger partial charge in [-0.1, -0.05) is 12.1 Å². The van der Waals surface area contributed by atoms with Crippen LogP contribution in [0.2, 0.25) is 0 Å². The van der Waals surface area contributed by atoms with E-state index in [9.17, 15) is 18.4 Å². The summed E-state index contributed by atoms with van der Waals surface area (Å²) in [4.78, 5) is 22.2. The number of halogens is 2. The van der Waals surface area contributed by atoms with Gasteiger partial charge in [0.2, 0.25) is 5.91 Å². The van der Waals surface area contributed by atoms with Crippen LogP contribution in [0.4, 0.5) is 8.78 Å². The number of amides is 2. The van der Waals surface area contributed by atoms with Gasteiger partial charge in [0.1, 0.15) is 11.9 Å². The highest BCUT2D eigenvalue weighted by Gasteiger charge is 2.17. The molecule has 6 nitrogen and oxygen atoms in total. The number of primary amides is 1. The summed E-state index contributed by atoms with van der Waals surface area (Å²) in [5.41, 5.74) is 4.65. The molecule has 1 aromatic carbocycles. The van der Waals surface area contributed by atoms with Crippen LogP contribution in [0, 0.1) is 0 Å². The Kier molecular flexibility index (Phi) is 5.19. The molecular formula is C11H12F2N2O4. The Balaban J connectivity index is 2.74. The second kappa shape index (κ2) is 6.64. The molecule has 4 N–H and O–H groups in total. The van der Waals surface area contributed by atoms with E-state index in [1.807, 2.05) is 0 Å². The Morgan fingerprint density at radius 3 is 2.58 bits per heavy atom. The Labute approximate surface area is 107 Å². The van der Waals surface area contributed by atoms with E-state index in [2.05, 4.69) is 10.1 Å². The Hall–Kier alpha value is -2.22. The molecule has 19 heavy (non-hydrogen) atoms. The summed E-state index contributed by atoms with van der Waals surface area (Å²) < 4.78 is 28.4. The van der Waals surface area contributed by atoms with Gasteiger partial charge in [0, 0.05) is 0 Å². The van der Waals surface area contributed by atoms with E-state index in [0.717, 1.165) is 0 Å². The van der Waals surface area contributed by atoms with Gasteiger partial charge >= 0.3 is 6.61 Å². The van der Waals surface area contributed by atoms with Gasteiger partial charge in [0.15, 0.2) is 0 Å². The van der Waals surface area contributed by atoms with Gasteiger partial charge < -0.3 is 20.9 Å². The van der Waals surface area contributed by atoms with Crippen LogP contribution < -0.4 is 15.8 Å². The molecule has 0 bridgehead atoms. The molecule has 0 heterocycles. The molecule has 0 saturated heterocycles. The van der Waals surface area contributed by atoms with Crippen LogP contribution in [0.1, 0.15) is 10.4 Å². The molecule has 104 valence electrons. The number of nitrogens with one attached hydrogen (secondary N) is 1. The first kappa shape index (κ1) is 14.8. The Morgan fingerprint density at radius 2 is 2.00 bits per heavy atom. The number of aliphatic hydroxyl groups is 1. The molecule has 1 unspecified atom stereocenters. The molecule has 0 fully saturated rings. The maximum atomic E-state index is 12.1. The van der Waals surface area contributed by atoms with Gasteiger partial charge in [0.05, 0.1) is 12.1 Å². The second-order valence-corrected chi connectivity index (χ2v) is 3.50. The molecule has 0 aliphatic rings. The van der Waals surface area contributed by atoms with Crippen molar-refractivity contribution in [3.05, 3.63) is 29.8 Å². The van der Waals surface area contributed by atoms with E-state index in [1.54, 1.807) is 0 Å². The van der Waals surface area contributed by atoms with Crippen LogP contribution in [0.5, 0.6) is 5.75 Å². The van der Waals surface area contributed by atoms with Crippen molar-refractivity contribution in [1.82, 2.24) is 5.32 Å². The summed E-state index contributed by atoms with van der Waals surface area (Å²) in [7, 11) is 0. The predicted octanol–water partition coefficient (Wildman–Crippen LogP) is -0.136. The topological polar surface area (TPSA) is 102 Å². The highest BCUT2D eigenvalue weighted by molar-refractivity contribution is 5.97. The molecule has 0 aliphatic heterocycles. The second-order valence-electron chi connectivity index (χ2n) is 3.50. The van der Waals surface area contributed by atoms with Crippen LogP contribution in [0.15, 0.2) is 24.3 Å². The minimum absolute atomic E-state index is 0.139. The van der Waals surface area contributed by atoms with Crippen LogP contribution in [-0.2, 0) is 4.79 Å². The third kappa shape index (κ3) is 4.51. The maximum Gasteiger partial charge on any atom is 0.387 e. The summed E-state index contributed by atoms with van der Waals surface area (Å²) in [6.07, 6.45) is -1.55. The van der Waals surface area contributed by atoms with Gasteiger partial charge in [-0.05, 0) is 12.1 Å². The van der Waals surface area contributed by atoms with Crippen molar-refractivity contribution >= 4 is 11.8 Å². The third-order valence-corrected chi connectivity index (χ3v) is 2.13.